The first-order valence-electron chi connectivity index (χ1n) is 6.61. The van der Waals surface area contributed by atoms with Crippen molar-refractivity contribution in [2.45, 2.75) is 17.3 Å². The summed E-state index contributed by atoms with van der Waals surface area (Å²) < 4.78 is 6.80. The minimum absolute atomic E-state index is 0.0766. The van der Waals surface area contributed by atoms with Crippen molar-refractivity contribution in [3.63, 3.8) is 0 Å². The molecule has 2 aromatic heterocycles. The lowest BCUT2D eigenvalue weighted by Gasteiger charge is -2.11. The Bertz CT molecular complexity index is 641. The van der Waals surface area contributed by atoms with Gasteiger partial charge >= 0.3 is 0 Å². The Kier molecular flexibility index (Phi) is 5.54. The average Bonchev–Trinajstić information content (AvgIpc) is 3.00. The summed E-state index contributed by atoms with van der Waals surface area (Å²) in [5, 5.41) is 11.0. The number of carbonyl (C=O) groups is 1. The number of ether oxygens (including phenoxy) is 1. The lowest BCUT2D eigenvalue weighted by Crippen LogP contribution is -2.31. The van der Waals surface area contributed by atoms with Crippen LogP contribution in [0.3, 0.4) is 0 Å². The van der Waals surface area contributed by atoms with E-state index in [1.54, 1.807) is 36.3 Å². The Morgan fingerprint density at radius 3 is 3.05 bits per heavy atom. The number of carbonyl (C=O) groups excluding carboxylic acids is 1. The first kappa shape index (κ1) is 16.0. The highest BCUT2D eigenvalue weighted by molar-refractivity contribution is 8.00. The molecule has 0 radical (unpaired) electrons. The van der Waals surface area contributed by atoms with Gasteiger partial charge in [0.05, 0.1) is 24.2 Å². The Labute approximate surface area is 132 Å². The van der Waals surface area contributed by atoms with Crippen LogP contribution in [-0.2, 0) is 4.79 Å². The minimum Gasteiger partial charge on any atom is -0.481 e. The van der Waals surface area contributed by atoms with Crippen LogP contribution in [0.25, 0.3) is 5.69 Å². The molecular formula is C14H17N5O2S. The molecule has 8 heteroatoms. The Morgan fingerprint density at radius 2 is 2.41 bits per heavy atom. The second-order valence-electron chi connectivity index (χ2n) is 4.34. The van der Waals surface area contributed by atoms with E-state index >= 15 is 0 Å². The van der Waals surface area contributed by atoms with Crippen LogP contribution in [-0.4, -0.2) is 44.6 Å². The van der Waals surface area contributed by atoms with E-state index in [1.165, 1.54) is 11.8 Å². The van der Waals surface area contributed by atoms with Gasteiger partial charge < -0.3 is 10.1 Å². The van der Waals surface area contributed by atoms with E-state index in [0.29, 0.717) is 17.6 Å². The van der Waals surface area contributed by atoms with Gasteiger partial charge in [0.1, 0.15) is 6.33 Å². The van der Waals surface area contributed by atoms with Gasteiger partial charge in [-0.3, -0.25) is 9.36 Å². The summed E-state index contributed by atoms with van der Waals surface area (Å²) >= 11 is 1.32. The summed E-state index contributed by atoms with van der Waals surface area (Å²) in [6.45, 7) is 5.83. The maximum Gasteiger partial charge on any atom is 0.233 e. The fourth-order valence-electron chi connectivity index (χ4n) is 1.65. The van der Waals surface area contributed by atoms with Crippen LogP contribution in [0.2, 0.25) is 0 Å². The van der Waals surface area contributed by atoms with E-state index in [-0.39, 0.29) is 11.2 Å². The normalized spacial score (nSPS) is 11.7. The number of rotatable bonds is 7. The van der Waals surface area contributed by atoms with E-state index < -0.39 is 0 Å². The molecule has 2 aromatic rings. The van der Waals surface area contributed by atoms with Crippen LogP contribution >= 0.6 is 11.8 Å². The van der Waals surface area contributed by atoms with E-state index in [4.69, 9.17) is 4.74 Å². The SMILES string of the molecule is C=CCNC(=O)[C@@H](C)Sc1nncn1-c1ccc(OC)nc1. The molecule has 0 bridgehead atoms. The van der Waals surface area contributed by atoms with Gasteiger partial charge in [0.25, 0.3) is 0 Å². The fraction of sp³-hybridized carbons (Fsp3) is 0.286. The molecule has 0 unspecified atom stereocenters. The fourth-order valence-corrected chi connectivity index (χ4v) is 2.51. The highest BCUT2D eigenvalue weighted by Crippen LogP contribution is 2.24. The summed E-state index contributed by atoms with van der Waals surface area (Å²) in [6.07, 6.45) is 4.88. The smallest absolute Gasteiger partial charge is 0.233 e. The van der Waals surface area contributed by atoms with Gasteiger partial charge in [0, 0.05) is 12.6 Å². The van der Waals surface area contributed by atoms with E-state index in [2.05, 4.69) is 27.1 Å². The van der Waals surface area contributed by atoms with Crippen molar-refractivity contribution in [1.29, 1.82) is 0 Å². The highest BCUT2D eigenvalue weighted by Gasteiger charge is 2.17. The first-order valence-corrected chi connectivity index (χ1v) is 7.49. The summed E-state index contributed by atoms with van der Waals surface area (Å²) in [5.74, 6) is 0.454. The molecule has 1 amide bonds. The standard InChI is InChI=1S/C14H17N5O2S/c1-4-7-15-13(20)10(2)22-14-18-17-9-19(14)11-5-6-12(21-3)16-8-11/h4-6,8-10H,1,7H2,2-3H3,(H,15,20)/t10-/m1/s1. The third-order valence-corrected chi connectivity index (χ3v) is 3.85. The molecule has 7 nitrogen and oxygen atoms in total. The molecule has 1 atom stereocenters. The lowest BCUT2D eigenvalue weighted by atomic mass is 10.4. The van der Waals surface area contributed by atoms with Crippen molar-refractivity contribution in [1.82, 2.24) is 25.1 Å². The molecule has 116 valence electrons. The van der Waals surface area contributed by atoms with Crippen molar-refractivity contribution < 1.29 is 9.53 Å². The average molecular weight is 319 g/mol. The Balaban J connectivity index is 2.11. The predicted octanol–water partition coefficient (Wildman–Crippen LogP) is 1.45. The van der Waals surface area contributed by atoms with Crippen molar-refractivity contribution in [3.8, 4) is 11.6 Å². The molecule has 0 saturated carbocycles. The molecular weight excluding hydrogens is 302 g/mol. The molecule has 0 aliphatic rings. The Morgan fingerprint density at radius 1 is 1.59 bits per heavy atom. The van der Waals surface area contributed by atoms with Crippen LogP contribution in [0, 0.1) is 0 Å². The number of thioether (sulfide) groups is 1. The number of methoxy groups -OCH3 is 1. The number of hydrogen-bond acceptors (Lipinski definition) is 6. The maximum absolute atomic E-state index is 11.9. The molecule has 0 aliphatic heterocycles. The zero-order valence-corrected chi connectivity index (χ0v) is 13.2. The van der Waals surface area contributed by atoms with Gasteiger partial charge in [-0.25, -0.2) is 4.98 Å². The highest BCUT2D eigenvalue weighted by atomic mass is 32.2. The van der Waals surface area contributed by atoms with Crippen LogP contribution < -0.4 is 10.1 Å². The second kappa shape index (κ2) is 7.60. The summed E-state index contributed by atoms with van der Waals surface area (Å²) in [5.41, 5.74) is 0.798. The number of nitrogens with one attached hydrogen (secondary N) is 1. The second-order valence-corrected chi connectivity index (χ2v) is 5.64. The van der Waals surface area contributed by atoms with Crippen LogP contribution in [0.4, 0.5) is 0 Å². The third kappa shape index (κ3) is 3.85. The van der Waals surface area contributed by atoms with E-state index in [9.17, 15) is 4.79 Å². The number of amides is 1. The molecule has 0 spiro atoms. The van der Waals surface area contributed by atoms with Gasteiger partial charge in [-0.2, -0.15) is 0 Å². The summed E-state index contributed by atoms with van der Waals surface area (Å²) in [6, 6.07) is 3.60. The Hall–Kier alpha value is -2.35. The molecule has 22 heavy (non-hydrogen) atoms. The molecule has 1 N–H and O–H groups in total. The molecule has 2 rings (SSSR count). The molecule has 0 aromatic carbocycles. The largest absolute Gasteiger partial charge is 0.481 e. The quantitative estimate of drug-likeness (QED) is 0.614. The third-order valence-electron chi connectivity index (χ3n) is 2.80. The predicted molar refractivity (Wildman–Crippen MR) is 84.2 cm³/mol. The minimum atomic E-state index is -0.297. The van der Waals surface area contributed by atoms with Crippen molar-refractivity contribution in [2.75, 3.05) is 13.7 Å². The number of nitrogens with zero attached hydrogens (tertiary/aromatic N) is 4. The van der Waals surface area contributed by atoms with Crippen molar-refractivity contribution in [3.05, 3.63) is 37.3 Å². The van der Waals surface area contributed by atoms with Crippen molar-refractivity contribution in [2.24, 2.45) is 0 Å². The first-order chi connectivity index (χ1) is 10.7. The van der Waals surface area contributed by atoms with Crippen LogP contribution in [0.1, 0.15) is 6.92 Å². The van der Waals surface area contributed by atoms with Crippen LogP contribution in [0.5, 0.6) is 5.88 Å². The zero-order chi connectivity index (χ0) is 15.9. The molecule has 0 aliphatic carbocycles. The van der Waals surface area contributed by atoms with Gasteiger partial charge in [-0.1, -0.05) is 17.8 Å². The van der Waals surface area contributed by atoms with Gasteiger partial charge in [-0.05, 0) is 13.0 Å². The molecule has 2 heterocycles. The van der Waals surface area contributed by atoms with E-state index in [0.717, 1.165) is 5.69 Å². The number of pyridine rings is 1. The van der Waals surface area contributed by atoms with Crippen molar-refractivity contribution >= 4 is 17.7 Å². The zero-order valence-electron chi connectivity index (χ0n) is 12.4. The maximum atomic E-state index is 11.9. The monoisotopic (exact) mass is 319 g/mol. The molecule has 0 fully saturated rings. The molecule has 0 saturated heterocycles. The van der Waals surface area contributed by atoms with Crippen LogP contribution in [0.15, 0.2) is 42.5 Å². The van der Waals surface area contributed by atoms with E-state index in [1.807, 2.05) is 13.0 Å². The summed E-state index contributed by atoms with van der Waals surface area (Å²) in [4.78, 5) is 16.0. The number of hydrogen-bond donors (Lipinski definition) is 1. The summed E-state index contributed by atoms with van der Waals surface area (Å²) in [7, 11) is 1.56. The lowest BCUT2D eigenvalue weighted by molar-refractivity contribution is -0.120. The van der Waals surface area contributed by atoms with Gasteiger partial charge in [0.15, 0.2) is 5.16 Å². The number of aromatic nitrogens is 4. The topological polar surface area (TPSA) is 81.9 Å². The van der Waals surface area contributed by atoms with Gasteiger partial charge in [-0.15, -0.1) is 16.8 Å². The van der Waals surface area contributed by atoms with Gasteiger partial charge in [0.2, 0.25) is 11.8 Å².